The topological polar surface area (TPSA) is 73.7 Å². The third-order valence-corrected chi connectivity index (χ3v) is 4.68. The summed E-state index contributed by atoms with van der Waals surface area (Å²) in [6.07, 6.45) is 1.75. The quantitative estimate of drug-likeness (QED) is 0.564. The van der Waals surface area contributed by atoms with Crippen LogP contribution in [0.5, 0.6) is 23.1 Å². The van der Waals surface area contributed by atoms with Gasteiger partial charge in [-0.3, -0.25) is 4.98 Å². The molecule has 2 aromatic heterocycles. The fraction of sp³-hybridized carbons (Fsp3) is 0.200. The van der Waals surface area contributed by atoms with Gasteiger partial charge < -0.3 is 19.3 Å². The lowest BCUT2D eigenvalue weighted by molar-refractivity contribution is 0.356. The Bertz CT molecular complexity index is 1170. The maximum absolute atomic E-state index is 10.1. The largest absolute Gasteiger partial charge is 0.508 e. The minimum absolute atomic E-state index is 0.198. The average molecular weight is 350 g/mol. The first-order chi connectivity index (χ1) is 12.6. The third kappa shape index (κ3) is 2.19. The molecule has 6 nitrogen and oxygen atoms in total. The van der Waals surface area contributed by atoms with Crippen molar-refractivity contribution in [2.75, 3.05) is 21.3 Å². The molecule has 0 bridgehead atoms. The average Bonchev–Trinajstić information content (AvgIpc) is 2.68. The van der Waals surface area contributed by atoms with E-state index in [0.717, 1.165) is 27.1 Å². The number of benzene rings is 2. The molecule has 4 aromatic rings. The molecule has 0 fully saturated rings. The first-order valence-corrected chi connectivity index (χ1v) is 8.09. The minimum Gasteiger partial charge on any atom is -0.508 e. The number of ether oxygens (including phenoxy) is 3. The molecule has 2 aromatic carbocycles. The van der Waals surface area contributed by atoms with Gasteiger partial charge in [0.15, 0.2) is 11.5 Å². The van der Waals surface area contributed by atoms with Crippen molar-refractivity contribution in [2.24, 2.45) is 0 Å². The van der Waals surface area contributed by atoms with Gasteiger partial charge in [0.1, 0.15) is 5.75 Å². The van der Waals surface area contributed by atoms with Crippen LogP contribution in [0.3, 0.4) is 0 Å². The van der Waals surface area contributed by atoms with Crippen LogP contribution in [0, 0.1) is 6.92 Å². The monoisotopic (exact) mass is 350 g/mol. The lowest BCUT2D eigenvalue weighted by Crippen LogP contribution is -1.96. The Morgan fingerprint density at radius 3 is 2.31 bits per heavy atom. The SMILES string of the molecule is COc1cc2ncc3c(OC)nc4c(C)c(O)ccc4c3c2cc1OC. The van der Waals surface area contributed by atoms with Crippen molar-refractivity contribution in [3.05, 3.63) is 36.0 Å². The fourth-order valence-corrected chi connectivity index (χ4v) is 3.32. The van der Waals surface area contributed by atoms with E-state index in [2.05, 4.69) is 9.97 Å². The highest BCUT2D eigenvalue weighted by molar-refractivity contribution is 6.20. The van der Waals surface area contributed by atoms with E-state index in [9.17, 15) is 5.11 Å². The zero-order valence-electron chi connectivity index (χ0n) is 15.0. The van der Waals surface area contributed by atoms with Gasteiger partial charge in [-0.05, 0) is 25.1 Å². The second kappa shape index (κ2) is 5.91. The van der Waals surface area contributed by atoms with Crippen molar-refractivity contribution in [1.82, 2.24) is 9.97 Å². The van der Waals surface area contributed by atoms with E-state index >= 15 is 0 Å². The Morgan fingerprint density at radius 2 is 1.62 bits per heavy atom. The number of hydrogen-bond donors (Lipinski definition) is 1. The van der Waals surface area contributed by atoms with Crippen molar-refractivity contribution in [1.29, 1.82) is 0 Å². The Balaban J connectivity index is 2.28. The molecular weight excluding hydrogens is 332 g/mol. The van der Waals surface area contributed by atoms with E-state index in [4.69, 9.17) is 14.2 Å². The van der Waals surface area contributed by atoms with Crippen molar-refractivity contribution < 1.29 is 19.3 Å². The van der Waals surface area contributed by atoms with E-state index in [-0.39, 0.29) is 5.75 Å². The number of phenolic OH excluding ortho intramolecular Hbond substituents is 1. The number of rotatable bonds is 3. The summed E-state index contributed by atoms with van der Waals surface area (Å²) in [6, 6.07) is 7.30. The van der Waals surface area contributed by atoms with Crippen molar-refractivity contribution >= 4 is 32.6 Å². The number of hydrogen-bond acceptors (Lipinski definition) is 6. The number of pyridine rings is 2. The molecule has 4 rings (SSSR count). The van der Waals surface area contributed by atoms with Crippen molar-refractivity contribution in [3.8, 4) is 23.1 Å². The molecule has 0 aliphatic rings. The van der Waals surface area contributed by atoms with Crippen LogP contribution in [0.1, 0.15) is 5.56 Å². The summed E-state index contributed by atoms with van der Waals surface area (Å²) in [4.78, 5) is 9.13. The standard InChI is InChI=1S/C20H18N2O4/c1-10-15(23)6-5-11-18-12-7-16(24-2)17(25-3)8-14(12)21-9-13(18)20(26-4)22-19(10)11/h5-9,23H,1-4H3. The molecule has 6 heteroatoms. The predicted octanol–water partition coefficient (Wildman–Crippen LogP) is 3.98. The zero-order valence-corrected chi connectivity index (χ0v) is 15.0. The lowest BCUT2D eigenvalue weighted by Gasteiger charge is -2.14. The van der Waals surface area contributed by atoms with Gasteiger partial charge in [0.25, 0.3) is 0 Å². The summed E-state index contributed by atoms with van der Waals surface area (Å²) in [5, 5.41) is 13.6. The van der Waals surface area contributed by atoms with Crippen LogP contribution in [-0.2, 0) is 0 Å². The molecule has 0 unspecified atom stereocenters. The molecule has 0 saturated carbocycles. The molecule has 0 aliphatic carbocycles. The van der Waals surface area contributed by atoms with Crippen LogP contribution in [0.2, 0.25) is 0 Å². The van der Waals surface area contributed by atoms with Gasteiger partial charge in [0.2, 0.25) is 5.88 Å². The maximum Gasteiger partial charge on any atom is 0.223 e. The maximum atomic E-state index is 10.1. The summed E-state index contributed by atoms with van der Waals surface area (Å²) >= 11 is 0. The molecule has 0 saturated heterocycles. The molecule has 0 radical (unpaired) electrons. The van der Waals surface area contributed by atoms with Crippen LogP contribution in [-0.4, -0.2) is 36.4 Å². The van der Waals surface area contributed by atoms with Crippen LogP contribution in [0.25, 0.3) is 32.6 Å². The van der Waals surface area contributed by atoms with E-state index in [1.165, 1.54) is 0 Å². The van der Waals surface area contributed by atoms with Gasteiger partial charge in [0, 0.05) is 34.0 Å². The molecule has 0 aliphatic heterocycles. The number of fused-ring (bicyclic) bond motifs is 5. The number of aromatic nitrogens is 2. The summed E-state index contributed by atoms with van der Waals surface area (Å²) in [5.74, 6) is 1.90. The number of aromatic hydroxyl groups is 1. The first kappa shape index (κ1) is 16.2. The molecule has 0 atom stereocenters. The Kier molecular flexibility index (Phi) is 3.68. The normalized spacial score (nSPS) is 11.2. The molecular formula is C20H18N2O4. The summed E-state index contributed by atoms with van der Waals surface area (Å²) < 4.78 is 16.3. The van der Waals surface area contributed by atoms with Crippen LogP contribution < -0.4 is 14.2 Å². The van der Waals surface area contributed by atoms with E-state index in [1.807, 2.05) is 25.1 Å². The Morgan fingerprint density at radius 1 is 0.885 bits per heavy atom. The molecule has 1 N–H and O–H groups in total. The molecule has 2 heterocycles. The second-order valence-electron chi connectivity index (χ2n) is 6.00. The summed E-state index contributed by atoms with van der Waals surface area (Å²) in [7, 11) is 4.77. The Hall–Kier alpha value is -3.28. The van der Waals surface area contributed by atoms with Crippen LogP contribution in [0.15, 0.2) is 30.5 Å². The van der Waals surface area contributed by atoms with Gasteiger partial charge in [-0.15, -0.1) is 0 Å². The molecule has 132 valence electrons. The molecule has 26 heavy (non-hydrogen) atoms. The van der Waals surface area contributed by atoms with E-state index in [0.29, 0.717) is 28.5 Å². The highest BCUT2D eigenvalue weighted by Crippen LogP contribution is 2.40. The number of aryl methyl sites for hydroxylation is 1. The Labute approximate surface area is 150 Å². The second-order valence-corrected chi connectivity index (χ2v) is 6.00. The van der Waals surface area contributed by atoms with Crippen molar-refractivity contribution in [2.45, 2.75) is 6.92 Å². The highest BCUT2D eigenvalue weighted by Gasteiger charge is 2.17. The first-order valence-electron chi connectivity index (χ1n) is 8.09. The molecule has 0 amide bonds. The van der Waals surface area contributed by atoms with Crippen LogP contribution in [0.4, 0.5) is 0 Å². The number of methoxy groups -OCH3 is 3. The number of nitrogens with zero attached hydrogens (tertiary/aromatic N) is 2. The third-order valence-electron chi connectivity index (χ3n) is 4.68. The van der Waals surface area contributed by atoms with Gasteiger partial charge in [-0.1, -0.05) is 0 Å². The minimum atomic E-state index is 0.198. The van der Waals surface area contributed by atoms with Crippen molar-refractivity contribution in [3.63, 3.8) is 0 Å². The number of phenols is 1. The summed E-state index contributed by atoms with van der Waals surface area (Å²) in [6.45, 7) is 1.84. The predicted molar refractivity (Wildman–Crippen MR) is 101 cm³/mol. The molecule has 0 spiro atoms. The highest BCUT2D eigenvalue weighted by atomic mass is 16.5. The fourth-order valence-electron chi connectivity index (χ4n) is 3.32. The van der Waals surface area contributed by atoms with Gasteiger partial charge >= 0.3 is 0 Å². The zero-order chi connectivity index (χ0) is 18.4. The van der Waals surface area contributed by atoms with E-state index in [1.54, 1.807) is 33.6 Å². The van der Waals surface area contributed by atoms with Crippen LogP contribution >= 0.6 is 0 Å². The van der Waals surface area contributed by atoms with Gasteiger partial charge in [-0.25, -0.2) is 4.98 Å². The van der Waals surface area contributed by atoms with Gasteiger partial charge in [-0.2, -0.15) is 0 Å². The smallest absolute Gasteiger partial charge is 0.223 e. The van der Waals surface area contributed by atoms with Gasteiger partial charge in [0.05, 0.1) is 37.7 Å². The lowest BCUT2D eigenvalue weighted by atomic mass is 10.00. The summed E-state index contributed by atoms with van der Waals surface area (Å²) in [5.41, 5.74) is 2.17. The van der Waals surface area contributed by atoms with E-state index < -0.39 is 0 Å².